The Labute approximate surface area is 150 Å². The van der Waals surface area contributed by atoms with Crippen molar-refractivity contribution >= 4 is 5.91 Å². The van der Waals surface area contributed by atoms with Crippen molar-refractivity contribution in [1.29, 1.82) is 0 Å². The highest BCUT2D eigenvalue weighted by Crippen LogP contribution is 2.41. The molecule has 2 aliphatic rings. The van der Waals surface area contributed by atoms with Crippen LogP contribution in [0, 0.1) is 17.7 Å². The molecular weight excluding hydrogens is 317 g/mol. The van der Waals surface area contributed by atoms with E-state index in [9.17, 15) is 9.18 Å². The van der Waals surface area contributed by atoms with Gasteiger partial charge in [-0.2, -0.15) is 0 Å². The van der Waals surface area contributed by atoms with Gasteiger partial charge in [-0.1, -0.05) is 25.5 Å². The molecule has 1 saturated carbocycles. The number of nitrogens with zero attached hydrogens (tertiary/aromatic N) is 2. The minimum absolute atomic E-state index is 0.153. The minimum Gasteiger partial charge on any atom is -0.368 e. The van der Waals surface area contributed by atoms with Gasteiger partial charge in [-0.25, -0.2) is 4.39 Å². The average molecular weight is 347 g/mol. The van der Waals surface area contributed by atoms with E-state index in [0.717, 1.165) is 44.5 Å². The number of benzene rings is 1. The van der Waals surface area contributed by atoms with Crippen LogP contribution in [0.2, 0.25) is 0 Å². The lowest BCUT2D eigenvalue weighted by atomic mass is 9.95. The molecule has 2 N–H and O–H groups in total. The molecule has 0 aromatic heterocycles. The fourth-order valence-corrected chi connectivity index (χ4v) is 4.86. The summed E-state index contributed by atoms with van der Waals surface area (Å²) in [5.74, 6) is 0.915. The average Bonchev–Trinajstić information content (AvgIpc) is 3.13. The standard InChI is InChI=1S/C20H30FN3O/c1-3-4-19(20(22)25)23(2)18-10-7-15-12-24(13-17(15)18)11-14-5-8-16(21)9-6-14/h5-6,8-9,15,17-19H,3-4,7,10-13H2,1-2H3,(H2,22,25)/t15-,17+,18+,19-/m0/s1. The van der Waals surface area contributed by atoms with Crippen LogP contribution in [0.15, 0.2) is 24.3 Å². The van der Waals surface area contributed by atoms with E-state index in [1.165, 1.54) is 18.6 Å². The molecule has 1 aromatic rings. The number of halogens is 1. The second-order valence-electron chi connectivity index (χ2n) is 7.76. The topological polar surface area (TPSA) is 49.6 Å². The van der Waals surface area contributed by atoms with E-state index < -0.39 is 0 Å². The van der Waals surface area contributed by atoms with Gasteiger partial charge in [0, 0.05) is 25.7 Å². The monoisotopic (exact) mass is 347 g/mol. The summed E-state index contributed by atoms with van der Waals surface area (Å²) >= 11 is 0. The van der Waals surface area contributed by atoms with E-state index in [2.05, 4.69) is 23.8 Å². The molecule has 4 nitrogen and oxygen atoms in total. The molecule has 0 unspecified atom stereocenters. The zero-order valence-electron chi connectivity index (χ0n) is 15.3. The summed E-state index contributed by atoms with van der Waals surface area (Å²) in [6.45, 7) is 5.12. The molecule has 1 heterocycles. The molecule has 5 heteroatoms. The lowest BCUT2D eigenvalue weighted by Crippen LogP contribution is -2.49. The van der Waals surface area contributed by atoms with E-state index in [-0.39, 0.29) is 17.8 Å². The van der Waals surface area contributed by atoms with Crippen LogP contribution in [-0.2, 0) is 11.3 Å². The molecule has 4 atom stereocenters. The fraction of sp³-hybridized carbons (Fsp3) is 0.650. The highest BCUT2D eigenvalue weighted by atomic mass is 19.1. The number of amides is 1. The predicted molar refractivity (Wildman–Crippen MR) is 97.3 cm³/mol. The number of rotatable bonds is 7. The van der Waals surface area contributed by atoms with Crippen molar-refractivity contribution in [3.8, 4) is 0 Å². The molecule has 3 rings (SSSR count). The third-order valence-corrected chi connectivity index (χ3v) is 6.12. The number of fused-ring (bicyclic) bond motifs is 1. The highest BCUT2D eigenvalue weighted by molar-refractivity contribution is 5.79. The van der Waals surface area contributed by atoms with Crippen LogP contribution < -0.4 is 5.73 Å². The molecule has 138 valence electrons. The Bertz CT molecular complexity index is 591. The predicted octanol–water partition coefficient (Wildman–Crippen LogP) is 2.62. The van der Waals surface area contributed by atoms with Crippen molar-refractivity contribution in [3.05, 3.63) is 35.6 Å². The largest absolute Gasteiger partial charge is 0.368 e. The Balaban J connectivity index is 1.62. The lowest BCUT2D eigenvalue weighted by molar-refractivity contribution is -0.124. The molecule has 1 aliphatic heterocycles. The maximum absolute atomic E-state index is 13.1. The molecule has 1 amide bonds. The molecule has 0 bridgehead atoms. The first kappa shape index (κ1) is 18.3. The number of hydrogen-bond acceptors (Lipinski definition) is 3. The van der Waals surface area contributed by atoms with Crippen molar-refractivity contribution < 1.29 is 9.18 Å². The summed E-state index contributed by atoms with van der Waals surface area (Å²) < 4.78 is 13.1. The van der Waals surface area contributed by atoms with E-state index in [1.807, 2.05) is 12.1 Å². The molecular formula is C20H30FN3O. The molecule has 1 saturated heterocycles. The number of likely N-dealkylation sites (tertiary alicyclic amines) is 1. The normalized spacial score (nSPS) is 27.6. The second kappa shape index (κ2) is 7.83. The van der Waals surface area contributed by atoms with Gasteiger partial charge in [0.2, 0.25) is 5.91 Å². The zero-order chi connectivity index (χ0) is 18.0. The Hall–Kier alpha value is -1.46. The summed E-state index contributed by atoms with van der Waals surface area (Å²) in [4.78, 5) is 16.6. The van der Waals surface area contributed by atoms with E-state index in [0.29, 0.717) is 17.9 Å². The van der Waals surface area contributed by atoms with Gasteiger partial charge in [-0.15, -0.1) is 0 Å². The summed E-state index contributed by atoms with van der Waals surface area (Å²) in [5.41, 5.74) is 6.81. The molecule has 2 fully saturated rings. The van der Waals surface area contributed by atoms with Crippen LogP contribution in [0.5, 0.6) is 0 Å². The summed E-state index contributed by atoms with van der Waals surface area (Å²) in [7, 11) is 2.07. The Morgan fingerprint density at radius 3 is 2.68 bits per heavy atom. The van der Waals surface area contributed by atoms with Crippen LogP contribution in [0.25, 0.3) is 0 Å². The van der Waals surface area contributed by atoms with Gasteiger partial charge in [-0.3, -0.25) is 14.6 Å². The number of nitrogens with two attached hydrogens (primary N) is 1. The van der Waals surface area contributed by atoms with Crippen molar-refractivity contribution in [3.63, 3.8) is 0 Å². The van der Waals surface area contributed by atoms with Crippen molar-refractivity contribution in [2.24, 2.45) is 17.6 Å². The third-order valence-electron chi connectivity index (χ3n) is 6.12. The van der Waals surface area contributed by atoms with Crippen LogP contribution in [0.3, 0.4) is 0 Å². The molecule has 0 radical (unpaired) electrons. The SMILES string of the molecule is CCC[C@@H](C(N)=O)N(C)[C@@H]1CC[C@H]2CN(Cc3ccc(F)cc3)C[C@H]21. The number of hydrogen-bond donors (Lipinski definition) is 1. The smallest absolute Gasteiger partial charge is 0.234 e. The first-order valence-electron chi connectivity index (χ1n) is 9.47. The van der Waals surface area contributed by atoms with Gasteiger partial charge in [0.05, 0.1) is 6.04 Å². The fourth-order valence-electron chi connectivity index (χ4n) is 4.86. The van der Waals surface area contributed by atoms with E-state index >= 15 is 0 Å². The third kappa shape index (κ3) is 4.04. The van der Waals surface area contributed by atoms with Gasteiger partial charge < -0.3 is 5.73 Å². The van der Waals surface area contributed by atoms with Gasteiger partial charge >= 0.3 is 0 Å². The van der Waals surface area contributed by atoms with Crippen molar-refractivity contribution in [2.75, 3.05) is 20.1 Å². The lowest BCUT2D eigenvalue weighted by Gasteiger charge is -2.34. The van der Waals surface area contributed by atoms with Gasteiger partial charge in [0.15, 0.2) is 0 Å². The Morgan fingerprint density at radius 2 is 2.04 bits per heavy atom. The van der Waals surface area contributed by atoms with Crippen molar-refractivity contribution in [1.82, 2.24) is 9.80 Å². The van der Waals surface area contributed by atoms with Crippen LogP contribution in [0.1, 0.15) is 38.2 Å². The molecule has 1 aromatic carbocycles. The Morgan fingerprint density at radius 1 is 1.32 bits per heavy atom. The first-order chi connectivity index (χ1) is 12.0. The van der Waals surface area contributed by atoms with E-state index in [1.54, 1.807) is 0 Å². The summed E-state index contributed by atoms with van der Waals surface area (Å²) in [5, 5.41) is 0. The minimum atomic E-state index is -0.200. The molecule has 25 heavy (non-hydrogen) atoms. The highest BCUT2D eigenvalue weighted by Gasteiger charge is 2.45. The van der Waals surface area contributed by atoms with Crippen LogP contribution in [-0.4, -0.2) is 47.9 Å². The van der Waals surface area contributed by atoms with Crippen LogP contribution >= 0.6 is 0 Å². The number of likely N-dealkylation sites (N-methyl/N-ethyl adjacent to an activating group) is 1. The second-order valence-corrected chi connectivity index (χ2v) is 7.76. The number of primary amides is 1. The van der Waals surface area contributed by atoms with Gasteiger partial charge in [0.25, 0.3) is 0 Å². The number of carbonyl (C=O) groups is 1. The quantitative estimate of drug-likeness (QED) is 0.825. The van der Waals surface area contributed by atoms with Gasteiger partial charge in [-0.05, 0) is 55.8 Å². The molecule has 0 spiro atoms. The summed E-state index contributed by atoms with van der Waals surface area (Å²) in [6.07, 6.45) is 4.18. The van der Waals surface area contributed by atoms with Crippen molar-refractivity contribution in [2.45, 2.75) is 51.2 Å². The zero-order valence-corrected chi connectivity index (χ0v) is 15.3. The first-order valence-corrected chi connectivity index (χ1v) is 9.47. The maximum Gasteiger partial charge on any atom is 0.234 e. The van der Waals surface area contributed by atoms with Gasteiger partial charge in [0.1, 0.15) is 5.82 Å². The van der Waals surface area contributed by atoms with E-state index in [4.69, 9.17) is 5.73 Å². The molecule has 1 aliphatic carbocycles. The number of carbonyl (C=O) groups excluding carboxylic acids is 1. The van der Waals surface area contributed by atoms with Crippen LogP contribution in [0.4, 0.5) is 4.39 Å². The maximum atomic E-state index is 13.1. The Kier molecular flexibility index (Phi) is 5.74. The summed E-state index contributed by atoms with van der Waals surface area (Å²) in [6, 6.07) is 7.09.